The molecule has 1 aliphatic heterocycles. The highest BCUT2D eigenvalue weighted by Crippen LogP contribution is 2.29. The van der Waals surface area contributed by atoms with E-state index in [2.05, 4.69) is 5.32 Å². The summed E-state index contributed by atoms with van der Waals surface area (Å²) < 4.78 is 18.2. The van der Waals surface area contributed by atoms with Crippen LogP contribution in [0.25, 0.3) is 0 Å². The predicted molar refractivity (Wildman–Crippen MR) is 56.9 cm³/mol. The van der Waals surface area contributed by atoms with Gasteiger partial charge in [0, 0.05) is 12.7 Å². The molecule has 1 heterocycles. The lowest BCUT2D eigenvalue weighted by molar-refractivity contribution is 0.0846. The van der Waals surface area contributed by atoms with Crippen LogP contribution in [-0.2, 0) is 4.74 Å². The number of ether oxygens (including phenoxy) is 1. The van der Waals surface area contributed by atoms with E-state index in [1.807, 2.05) is 0 Å². The zero-order valence-corrected chi connectivity index (χ0v) is 8.56. The molecule has 1 aromatic rings. The lowest BCUT2D eigenvalue weighted by atomic mass is 10.1. The quantitative estimate of drug-likeness (QED) is 0.531. The fourth-order valence-corrected chi connectivity index (χ4v) is 1.60. The van der Waals surface area contributed by atoms with E-state index < -0.39 is 12.2 Å². The minimum absolute atomic E-state index is 0.0171. The van der Waals surface area contributed by atoms with Crippen molar-refractivity contribution in [1.82, 2.24) is 0 Å². The Balaban J connectivity index is 2.10. The minimum Gasteiger partial charge on any atom is -0.508 e. The van der Waals surface area contributed by atoms with Gasteiger partial charge in [-0.1, -0.05) is 0 Å². The molecule has 1 saturated heterocycles. The molecule has 1 fully saturated rings. The molecule has 87 valence electrons. The van der Waals surface area contributed by atoms with Crippen LogP contribution in [0.3, 0.4) is 0 Å². The molecule has 1 radical (unpaired) electrons. The number of alkyl halides is 1. The van der Waals surface area contributed by atoms with E-state index in [0.29, 0.717) is 18.7 Å². The molecule has 1 aromatic carbocycles. The molecule has 2 rings (SSSR count). The van der Waals surface area contributed by atoms with E-state index >= 15 is 0 Å². The fraction of sp³-hybridized carbons (Fsp3) is 0.364. The molecule has 2 unspecified atom stereocenters. The normalized spacial score (nSPS) is 25.3. The topological polar surface area (TPSA) is 61.7 Å². The summed E-state index contributed by atoms with van der Waals surface area (Å²) in [5.41, 5.74) is 0.322. The fourth-order valence-electron chi connectivity index (χ4n) is 1.60. The molecule has 4 nitrogen and oxygen atoms in total. The van der Waals surface area contributed by atoms with Gasteiger partial charge in [0.2, 0.25) is 0 Å². The summed E-state index contributed by atoms with van der Waals surface area (Å²) in [4.78, 5) is 0. The highest BCUT2D eigenvalue weighted by molar-refractivity contribution is 5.59. The summed E-state index contributed by atoms with van der Waals surface area (Å²) in [6.45, 7) is 1.58. The van der Waals surface area contributed by atoms with Gasteiger partial charge < -0.3 is 20.3 Å². The summed E-state index contributed by atoms with van der Waals surface area (Å²) in [6, 6.07) is 3.64. The number of rotatable bonds is 2. The first-order valence-corrected chi connectivity index (χ1v) is 5.04. The number of hydrogen-bond donors (Lipinski definition) is 3. The van der Waals surface area contributed by atoms with Crippen molar-refractivity contribution in [2.24, 2.45) is 0 Å². The number of phenols is 2. The van der Waals surface area contributed by atoms with Gasteiger partial charge in [-0.3, -0.25) is 0 Å². The van der Waals surface area contributed by atoms with Gasteiger partial charge in [-0.25, -0.2) is 4.39 Å². The second-order valence-corrected chi connectivity index (χ2v) is 3.69. The first kappa shape index (κ1) is 11.0. The molecule has 0 aromatic heterocycles. The standard InChI is InChI=1S/C11H13FNO3/c12-8-6-16-4-3-9(8)13-10-5-7(14)1-2-11(10)15/h1-2,5-6,8-9,13-15H,3-4H2. The van der Waals surface area contributed by atoms with Crippen LogP contribution < -0.4 is 5.32 Å². The average Bonchev–Trinajstić information content (AvgIpc) is 2.27. The zero-order valence-electron chi connectivity index (χ0n) is 8.56. The predicted octanol–water partition coefficient (Wildman–Crippen LogP) is 1.80. The van der Waals surface area contributed by atoms with E-state index in [1.165, 1.54) is 18.2 Å². The maximum atomic E-state index is 13.4. The first-order chi connectivity index (χ1) is 7.66. The Kier molecular flexibility index (Phi) is 3.14. The lowest BCUT2D eigenvalue weighted by Gasteiger charge is -2.27. The molecule has 5 heteroatoms. The monoisotopic (exact) mass is 226 g/mol. The van der Waals surface area contributed by atoms with E-state index in [1.54, 1.807) is 0 Å². The summed E-state index contributed by atoms with van der Waals surface area (Å²) >= 11 is 0. The van der Waals surface area contributed by atoms with Gasteiger partial charge in [0.15, 0.2) is 0 Å². The summed E-state index contributed by atoms with van der Waals surface area (Å²) in [7, 11) is 0. The van der Waals surface area contributed by atoms with E-state index in [4.69, 9.17) is 4.74 Å². The van der Waals surface area contributed by atoms with Crippen LogP contribution in [0.2, 0.25) is 0 Å². The zero-order chi connectivity index (χ0) is 11.5. The van der Waals surface area contributed by atoms with Crippen molar-refractivity contribution in [2.75, 3.05) is 11.9 Å². The maximum Gasteiger partial charge on any atom is 0.149 e. The molecular formula is C11H13FNO3. The number of phenolic OH excluding ortho intramolecular Hbond substituents is 2. The lowest BCUT2D eigenvalue weighted by Crippen LogP contribution is -2.36. The van der Waals surface area contributed by atoms with Crippen molar-refractivity contribution in [3.8, 4) is 11.5 Å². The van der Waals surface area contributed by atoms with Crippen molar-refractivity contribution >= 4 is 5.69 Å². The molecule has 3 N–H and O–H groups in total. The van der Waals surface area contributed by atoms with Crippen LogP contribution in [0.5, 0.6) is 11.5 Å². The minimum atomic E-state index is -1.23. The smallest absolute Gasteiger partial charge is 0.149 e. The van der Waals surface area contributed by atoms with Crippen LogP contribution in [0.1, 0.15) is 6.42 Å². The van der Waals surface area contributed by atoms with Gasteiger partial charge in [0.25, 0.3) is 0 Å². The van der Waals surface area contributed by atoms with Crippen molar-refractivity contribution in [2.45, 2.75) is 18.6 Å². The van der Waals surface area contributed by atoms with Crippen LogP contribution in [0.4, 0.5) is 10.1 Å². The largest absolute Gasteiger partial charge is 0.508 e. The Bertz CT molecular complexity index is 372. The van der Waals surface area contributed by atoms with Gasteiger partial charge in [0.05, 0.1) is 11.7 Å². The SMILES string of the molecule is Oc1ccc(O)c(NC2CCO[CH]C2F)c1. The highest BCUT2D eigenvalue weighted by Gasteiger charge is 2.26. The molecule has 0 spiro atoms. The van der Waals surface area contributed by atoms with Gasteiger partial charge in [0.1, 0.15) is 24.3 Å². The summed E-state index contributed by atoms with van der Waals surface area (Å²) in [5.74, 6) is 0.00300. The molecule has 2 atom stereocenters. The Hall–Kier alpha value is -1.49. The average molecular weight is 226 g/mol. The highest BCUT2D eigenvalue weighted by atomic mass is 19.1. The number of nitrogens with one attached hydrogen (secondary N) is 1. The molecule has 0 amide bonds. The Morgan fingerprint density at radius 3 is 2.94 bits per heavy atom. The van der Waals surface area contributed by atoms with Crippen LogP contribution >= 0.6 is 0 Å². The van der Waals surface area contributed by atoms with Crippen molar-refractivity contribution in [1.29, 1.82) is 0 Å². The molecular weight excluding hydrogens is 213 g/mol. The molecule has 0 aliphatic carbocycles. The van der Waals surface area contributed by atoms with E-state index in [9.17, 15) is 14.6 Å². The van der Waals surface area contributed by atoms with Gasteiger partial charge in [-0.15, -0.1) is 0 Å². The Labute approximate surface area is 92.7 Å². The third-order valence-electron chi connectivity index (χ3n) is 2.48. The van der Waals surface area contributed by atoms with Crippen molar-refractivity contribution < 1.29 is 19.3 Å². The van der Waals surface area contributed by atoms with Crippen LogP contribution in [0.15, 0.2) is 18.2 Å². The second-order valence-electron chi connectivity index (χ2n) is 3.69. The van der Waals surface area contributed by atoms with E-state index in [0.717, 1.165) is 6.61 Å². The molecule has 1 aliphatic rings. The number of halogens is 1. The maximum absolute atomic E-state index is 13.4. The number of anilines is 1. The van der Waals surface area contributed by atoms with Gasteiger partial charge >= 0.3 is 0 Å². The molecule has 16 heavy (non-hydrogen) atoms. The van der Waals surface area contributed by atoms with Gasteiger partial charge in [-0.05, 0) is 18.6 Å². The number of hydrogen-bond acceptors (Lipinski definition) is 4. The van der Waals surface area contributed by atoms with Crippen molar-refractivity contribution in [3.05, 3.63) is 24.8 Å². The third-order valence-corrected chi connectivity index (χ3v) is 2.48. The molecule has 0 bridgehead atoms. The van der Waals surface area contributed by atoms with E-state index in [-0.39, 0.29) is 11.5 Å². The summed E-state index contributed by atoms with van der Waals surface area (Å²) in [6.07, 6.45) is -0.720. The Morgan fingerprint density at radius 1 is 1.38 bits per heavy atom. The number of benzene rings is 1. The second kappa shape index (κ2) is 4.57. The van der Waals surface area contributed by atoms with Crippen LogP contribution in [-0.4, -0.2) is 29.0 Å². The Morgan fingerprint density at radius 2 is 2.19 bits per heavy atom. The molecule has 0 saturated carbocycles. The first-order valence-electron chi connectivity index (χ1n) is 5.04. The van der Waals surface area contributed by atoms with Crippen LogP contribution in [0, 0.1) is 6.61 Å². The van der Waals surface area contributed by atoms with Gasteiger partial charge in [-0.2, -0.15) is 0 Å². The summed E-state index contributed by atoms with van der Waals surface area (Å²) in [5, 5.41) is 21.6. The number of aromatic hydroxyl groups is 2. The third kappa shape index (κ3) is 2.36. The van der Waals surface area contributed by atoms with Crippen molar-refractivity contribution in [3.63, 3.8) is 0 Å².